The SMILES string of the molecule is CC(=O)N1CCC(C2CN(C(=O)CCCc3ccccc3)CC2COc2ccccc2)CC1. The third-order valence-corrected chi connectivity index (χ3v) is 7.34. The van der Waals surface area contributed by atoms with Gasteiger partial charge in [0, 0.05) is 45.4 Å². The minimum atomic E-state index is 0.166. The van der Waals surface area contributed by atoms with Crippen LogP contribution in [-0.4, -0.2) is 54.4 Å². The van der Waals surface area contributed by atoms with Gasteiger partial charge in [0.2, 0.25) is 11.8 Å². The number of likely N-dealkylation sites (tertiary alicyclic amines) is 2. The van der Waals surface area contributed by atoms with Crippen LogP contribution in [0.4, 0.5) is 0 Å². The predicted molar refractivity (Wildman–Crippen MR) is 130 cm³/mol. The van der Waals surface area contributed by atoms with Gasteiger partial charge >= 0.3 is 0 Å². The van der Waals surface area contributed by atoms with Crippen molar-refractivity contribution in [2.24, 2.45) is 17.8 Å². The Kier molecular flexibility index (Phi) is 8.03. The van der Waals surface area contributed by atoms with E-state index >= 15 is 0 Å². The Morgan fingerprint density at radius 1 is 0.909 bits per heavy atom. The average molecular weight is 449 g/mol. The molecule has 2 aliphatic heterocycles. The monoisotopic (exact) mass is 448 g/mol. The summed E-state index contributed by atoms with van der Waals surface area (Å²) in [4.78, 5) is 28.8. The van der Waals surface area contributed by atoms with Crippen LogP contribution in [0.1, 0.15) is 38.2 Å². The second-order valence-corrected chi connectivity index (χ2v) is 9.53. The smallest absolute Gasteiger partial charge is 0.222 e. The van der Waals surface area contributed by atoms with Gasteiger partial charge in [-0.1, -0.05) is 48.5 Å². The molecule has 0 N–H and O–H groups in total. The highest BCUT2D eigenvalue weighted by molar-refractivity contribution is 5.76. The van der Waals surface area contributed by atoms with Gasteiger partial charge in [-0.25, -0.2) is 0 Å². The van der Waals surface area contributed by atoms with E-state index in [4.69, 9.17) is 4.74 Å². The molecule has 2 aromatic carbocycles. The number of hydrogen-bond acceptors (Lipinski definition) is 3. The first-order chi connectivity index (χ1) is 16.1. The molecule has 0 radical (unpaired) electrons. The Labute approximate surface area is 197 Å². The summed E-state index contributed by atoms with van der Waals surface area (Å²) in [6.07, 6.45) is 4.45. The molecule has 2 atom stereocenters. The van der Waals surface area contributed by atoms with Gasteiger partial charge in [0.05, 0.1) is 6.61 Å². The van der Waals surface area contributed by atoms with Gasteiger partial charge in [-0.05, 0) is 55.2 Å². The van der Waals surface area contributed by atoms with Crippen LogP contribution in [0.25, 0.3) is 0 Å². The average Bonchev–Trinajstić information content (AvgIpc) is 3.28. The molecule has 2 fully saturated rings. The zero-order valence-electron chi connectivity index (χ0n) is 19.7. The summed E-state index contributed by atoms with van der Waals surface area (Å²) in [5, 5.41) is 0. The molecule has 5 heteroatoms. The zero-order valence-corrected chi connectivity index (χ0v) is 19.7. The van der Waals surface area contributed by atoms with Gasteiger partial charge in [0.25, 0.3) is 0 Å². The quantitative estimate of drug-likeness (QED) is 0.601. The highest BCUT2D eigenvalue weighted by Crippen LogP contribution is 2.36. The third-order valence-electron chi connectivity index (χ3n) is 7.34. The van der Waals surface area contributed by atoms with Crippen molar-refractivity contribution in [3.05, 3.63) is 66.2 Å². The standard InChI is InChI=1S/C28H36N2O3/c1-22(31)29-17-15-24(16-18-29)27-20-30(19-25(27)21-33-26-12-6-3-7-13-26)28(32)14-8-11-23-9-4-2-5-10-23/h2-7,9-10,12-13,24-25,27H,8,11,14-21H2,1H3. The van der Waals surface area contributed by atoms with E-state index in [9.17, 15) is 9.59 Å². The lowest BCUT2D eigenvalue weighted by atomic mass is 9.78. The summed E-state index contributed by atoms with van der Waals surface area (Å²) in [5.74, 6) is 2.61. The Bertz CT molecular complexity index is 894. The Balaban J connectivity index is 1.35. The van der Waals surface area contributed by atoms with Gasteiger partial charge in [0.1, 0.15) is 5.75 Å². The van der Waals surface area contributed by atoms with Crippen molar-refractivity contribution in [3.63, 3.8) is 0 Å². The van der Waals surface area contributed by atoms with E-state index in [1.54, 1.807) is 6.92 Å². The molecule has 2 aliphatic rings. The topological polar surface area (TPSA) is 49.9 Å². The molecular formula is C28H36N2O3. The van der Waals surface area contributed by atoms with Crippen molar-refractivity contribution < 1.29 is 14.3 Å². The number of hydrogen-bond donors (Lipinski definition) is 0. The summed E-state index contributed by atoms with van der Waals surface area (Å²) in [7, 11) is 0. The van der Waals surface area contributed by atoms with Crippen molar-refractivity contribution in [3.8, 4) is 5.75 Å². The van der Waals surface area contributed by atoms with E-state index in [1.165, 1.54) is 5.56 Å². The highest BCUT2D eigenvalue weighted by atomic mass is 16.5. The van der Waals surface area contributed by atoms with Crippen LogP contribution in [0.3, 0.4) is 0 Å². The number of amides is 2. The summed E-state index contributed by atoms with van der Waals surface area (Å²) in [5.41, 5.74) is 1.29. The summed E-state index contributed by atoms with van der Waals surface area (Å²) < 4.78 is 6.13. The first-order valence-electron chi connectivity index (χ1n) is 12.3. The first kappa shape index (κ1) is 23.3. The van der Waals surface area contributed by atoms with Gasteiger partial charge in [-0.3, -0.25) is 9.59 Å². The van der Waals surface area contributed by atoms with E-state index in [2.05, 4.69) is 29.2 Å². The van der Waals surface area contributed by atoms with Gasteiger partial charge in [0.15, 0.2) is 0 Å². The largest absolute Gasteiger partial charge is 0.493 e. The molecule has 2 saturated heterocycles. The Morgan fingerprint density at radius 2 is 1.58 bits per heavy atom. The molecule has 33 heavy (non-hydrogen) atoms. The molecule has 2 aromatic rings. The lowest BCUT2D eigenvalue weighted by Crippen LogP contribution is -2.40. The first-order valence-corrected chi connectivity index (χ1v) is 12.3. The van der Waals surface area contributed by atoms with Crippen molar-refractivity contribution in [2.45, 2.75) is 39.0 Å². The number of carbonyl (C=O) groups excluding carboxylic acids is 2. The number of ether oxygens (including phenoxy) is 1. The second-order valence-electron chi connectivity index (χ2n) is 9.53. The molecule has 5 nitrogen and oxygen atoms in total. The summed E-state index contributed by atoms with van der Waals surface area (Å²) in [6, 6.07) is 20.3. The molecule has 2 heterocycles. The zero-order chi connectivity index (χ0) is 23.0. The highest BCUT2D eigenvalue weighted by Gasteiger charge is 2.41. The van der Waals surface area contributed by atoms with Crippen LogP contribution < -0.4 is 4.74 Å². The number of para-hydroxylation sites is 1. The van der Waals surface area contributed by atoms with Crippen LogP contribution in [0.2, 0.25) is 0 Å². The van der Waals surface area contributed by atoms with Crippen molar-refractivity contribution in [1.82, 2.24) is 9.80 Å². The molecule has 2 amide bonds. The van der Waals surface area contributed by atoms with Gasteiger partial charge in [-0.2, -0.15) is 0 Å². The molecule has 0 spiro atoms. The van der Waals surface area contributed by atoms with Gasteiger partial charge in [-0.15, -0.1) is 0 Å². The summed E-state index contributed by atoms with van der Waals surface area (Å²) >= 11 is 0. The number of piperidine rings is 1. The fourth-order valence-electron chi connectivity index (χ4n) is 5.42. The Morgan fingerprint density at radius 3 is 2.24 bits per heavy atom. The van der Waals surface area contributed by atoms with Crippen LogP contribution in [0.15, 0.2) is 60.7 Å². The number of nitrogens with zero attached hydrogens (tertiary/aromatic N) is 2. The number of benzene rings is 2. The van der Waals surface area contributed by atoms with Crippen LogP contribution >= 0.6 is 0 Å². The minimum absolute atomic E-state index is 0.166. The fraction of sp³-hybridized carbons (Fsp3) is 0.500. The second kappa shape index (κ2) is 11.4. The molecule has 0 aromatic heterocycles. The van der Waals surface area contributed by atoms with Crippen LogP contribution in [0.5, 0.6) is 5.75 Å². The van der Waals surface area contributed by atoms with Gasteiger partial charge < -0.3 is 14.5 Å². The molecule has 2 unspecified atom stereocenters. The molecule has 0 bridgehead atoms. The molecule has 4 rings (SSSR count). The maximum absolute atomic E-state index is 13.1. The van der Waals surface area contributed by atoms with Crippen LogP contribution in [0, 0.1) is 17.8 Å². The fourth-order valence-corrected chi connectivity index (χ4v) is 5.42. The number of carbonyl (C=O) groups is 2. The van der Waals surface area contributed by atoms with Crippen molar-refractivity contribution in [2.75, 3.05) is 32.8 Å². The van der Waals surface area contributed by atoms with Crippen LogP contribution in [-0.2, 0) is 16.0 Å². The summed E-state index contributed by atoms with van der Waals surface area (Å²) in [6.45, 7) is 5.53. The normalized spacial score (nSPS) is 21.2. The predicted octanol–water partition coefficient (Wildman–Crippen LogP) is 4.42. The van der Waals surface area contributed by atoms with E-state index in [-0.39, 0.29) is 11.8 Å². The van der Waals surface area contributed by atoms with E-state index in [0.29, 0.717) is 30.8 Å². The molecular weight excluding hydrogens is 412 g/mol. The lowest BCUT2D eigenvalue weighted by molar-refractivity contribution is -0.130. The van der Waals surface area contributed by atoms with E-state index in [1.807, 2.05) is 41.3 Å². The maximum Gasteiger partial charge on any atom is 0.222 e. The maximum atomic E-state index is 13.1. The number of aryl methyl sites for hydroxylation is 1. The molecule has 0 aliphatic carbocycles. The van der Waals surface area contributed by atoms with E-state index in [0.717, 1.165) is 57.6 Å². The third kappa shape index (κ3) is 6.37. The number of rotatable bonds is 8. The molecule has 0 saturated carbocycles. The Hall–Kier alpha value is -2.82. The minimum Gasteiger partial charge on any atom is -0.493 e. The lowest BCUT2D eigenvalue weighted by Gasteiger charge is -2.36. The molecule has 176 valence electrons. The van der Waals surface area contributed by atoms with Crippen molar-refractivity contribution >= 4 is 11.8 Å². The van der Waals surface area contributed by atoms with E-state index < -0.39 is 0 Å². The van der Waals surface area contributed by atoms with Crippen molar-refractivity contribution in [1.29, 1.82) is 0 Å².